The number of nitrogens with one attached hydrogen (secondary N) is 4. The lowest BCUT2D eigenvalue weighted by Gasteiger charge is -2.29. The Labute approximate surface area is 328 Å². The predicted molar refractivity (Wildman–Crippen MR) is 212 cm³/mol. The lowest BCUT2D eigenvalue weighted by molar-refractivity contribution is -0.135. The van der Waals surface area contributed by atoms with Crippen molar-refractivity contribution in [1.82, 2.24) is 40.4 Å². The van der Waals surface area contributed by atoms with Crippen molar-refractivity contribution < 1.29 is 28.7 Å². The zero-order chi connectivity index (χ0) is 39.9. The summed E-state index contributed by atoms with van der Waals surface area (Å²) in [6, 6.07) is 14.8. The minimum atomic E-state index is -0.664. The number of likely N-dealkylation sites (tertiary alicyclic amines) is 2. The molecule has 4 atom stereocenters. The van der Waals surface area contributed by atoms with Crippen molar-refractivity contribution in [1.29, 1.82) is 0 Å². The Morgan fingerprint density at radius 2 is 1.00 bits per heavy atom. The zero-order valence-corrected chi connectivity index (χ0v) is 33.1. The van der Waals surface area contributed by atoms with E-state index in [1.807, 2.05) is 37.5 Å². The number of methoxy groups -OCH3 is 2. The smallest absolute Gasteiger partial charge is 0.407 e. The Morgan fingerprint density at radius 1 is 0.643 bits per heavy atom. The van der Waals surface area contributed by atoms with Gasteiger partial charge in [0, 0.05) is 13.1 Å². The van der Waals surface area contributed by atoms with Crippen LogP contribution >= 0.6 is 0 Å². The van der Waals surface area contributed by atoms with E-state index in [2.05, 4.69) is 79.1 Å². The number of alkyl carbamates (subject to hydrolysis) is 2. The first kappa shape index (κ1) is 40.0. The summed E-state index contributed by atoms with van der Waals surface area (Å²) >= 11 is 0. The summed E-state index contributed by atoms with van der Waals surface area (Å²) in [5.74, 6) is 1.64. The monoisotopic (exact) mass is 766 g/mol. The molecule has 2 saturated heterocycles. The topological polar surface area (TPSA) is 175 Å². The number of hydrogen-bond donors (Lipinski definition) is 4. The standard InChI is InChI=1S/C42H54N8O6/c1-25(2)21-31(47-41(53)55-5)39(51)49-19-7-9-35(49)37-43-23-33(45-37)29-15-11-27(12-16-29)28-13-17-30(18-14-28)34-24-44-38(46-34)36-10-8-20-50(36)40(52)32(22-26(3)4)48-42(54)56-6/h11-18,23-26,31-32,35-36H,7-10,19-22H2,1-6H3,(H,43,45)(H,44,46)(H,47,53)(H,48,54). The normalized spacial score (nSPS) is 17.9. The van der Waals surface area contributed by atoms with Crippen LogP contribution in [0, 0.1) is 11.8 Å². The summed E-state index contributed by atoms with van der Waals surface area (Å²) in [6.07, 6.45) is 6.69. The van der Waals surface area contributed by atoms with Gasteiger partial charge in [0.1, 0.15) is 23.7 Å². The Kier molecular flexibility index (Phi) is 12.8. The molecule has 4 N–H and O–H groups in total. The van der Waals surface area contributed by atoms with Gasteiger partial charge in [-0.3, -0.25) is 9.59 Å². The van der Waals surface area contributed by atoms with Gasteiger partial charge in [-0.2, -0.15) is 0 Å². The molecule has 0 spiro atoms. The molecule has 0 aliphatic carbocycles. The van der Waals surface area contributed by atoms with Gasteiger partial charge in [0.25, 0.3) is 0 Å². The highest BCUT2D eigenvalue weighted by molar-refractivity contribution is 5.87. The Bertz CT molecular complexity index is 1830. The molecule has 2 aromatic carbocycles. The molecule has 4 unspecified atom stereocenters. The van der Waals surface area contributed by atoms with Crippen LogP contribution in [0.1, 0.15) is 90.0 Å². The molecule has 2 fully saturated rings. The maximum absolute atomic E-state index is 13.6. The number of imidazole rings is 2. The Morgan fingerprint density at radius 3 is 1.34 bits per heavy atom. The van der Waals surface area contributed by atoms with Gasteiger partial charge in [0.05, 0.1) is 50.1 Å². The van der Waals surface area contributed by atoms with Crippen LogP contribution in [0.5, 0.6) is 0 Å². The van der Waals surface area contributed by atoms with Crippen molar-refractivity contribution in [2.24, 2.45) is 11.8 Å². The Hall–Kier alpha value is -5.66. The van der Waals surface area contributed by atoms with Gasteiger partial charge in [-0.1, -0.05) is 76.2 Å². The van der Waals surface area contributed by atoms with Crippen LogP contribution < -0.4 is 10.6 Å². The number of aromatic amines is 2. The maximum atomic E-state index is 13.6. The highest BCUT2D eigenvalue weighted by Crippen LogP contribution is 2.35. The number of ether oxygens (including phenoxy) is 2. The average molecular weight is 767 g/mol. The van der Waals surface area contributed by atoms with Gasteiger partial charge in [-0.15, -0.1) is 0 Å². The third kappa shape index (κ3) is 9.23. The molecule has 14 heteroatoms. The zero-order valence-electron chi connectivity index (χ0n) is 33.1. The number of carbonyl (C=O) groups excluding carboxylic acids is 4. The Balaban J connectivity index is 1.10. The lowest BCUT2D eigenvalue weighted by Crippen LogP contribution is -2.49. The van der Waals surface area contributed by atoms with Crippen molar-refractivity contribution in [3.8, 4) is 33.6 Å². The number of benzene rings is 2. The molecule has 0 bridgehead atoms. The third-order valence-electron chi connectivity index (χ3n) is 10.6. The van der Waals surface area contributed by atoms with Gasteiger partial charge >= 0.3 is 12.2 Å². The van der Waals surface area contributed by atoms with Crippen LogP contribution in [-0.2, 0) is 19.1 Å². The molecule has 4 heterocycles. The third-order valence-corrected chi connectivity index (χ3v) is 10.6. The molecule has 4 amide bonds. The molecule has 14 nitrogen and oxygen atoms in total. The summed E-state index contributed by atoms with van der Waals surface area (Å²) in [5, 5.41) is 5.45. The molecule has 2 aromatic heterocycles. The molecular weight excluding hydrogens is 713 g/mol. The SMILES string of the molecule is COC(=O)NC(CC(C)C)C(=O)N1CCCC1c1ncc(-c2ccc(-c3ccc(-c4cnc(C5CCCN5C(=O)C(CC(C)C)NC(=O)OC)[nH]4)cc3)cc2)[nH]1. The molecule has 56 heavy (non-hydrogen) atoms. The number of H-pyrrole nitrogens is 2. The van der Waals surface area contributed by atoms with E-state index in [0.29, 0.717) is 25.9 Å². The fraction of sp³-hybridized carbons (Fsp3) is 0.476. The molecule has 6 rings (SSSR count). The molecule has 2 aliphatic rings. The summed E-state index contributed by atoms with van der Waals surface area (Å²) in [4.78, 5) is 71.2. The highest BCUT2D eigenvalue weighted by Gasteiger charge is 2.38. The second kappa shape index (κ2) is 17.9. The van der Waals surface area contributed by atoms with E-state index in [1.165, 1.54) is 14.2 Å². The molecule has 2 aliphatic heterocycles. The van der Waals surface area contributed by atoms with E-state index in [4.69, 9.17) is 9.47 Å². The summed E-state index contributed by atoms with van der Waals surface area (Å²) in [6.45, 7) is 9.28. The maximum Gasteiger partial charge on any atom is 0.407 e. The number of nitrogens with zero attached hydrogens (tertiary/aromatic N) is 4. The second-order valence-electron chi connectivity index (χ2n) is 15.5. The highest BCUT2D eigenvalue weighted by atomic mass is 16.5. The van der Waals surface area contributed by atoms with Crippen molar-refractivity contribution in [3.63, 3.8) is 0 Å². The number of aromatic nitrogens is 4. The van der Waals surface area contributed by atoms with Crippen LogP contribution in [0.15, 0.2) is 60.9 Å². The molecule has 0 radical (unpaired) electrons. The largest absolute Gasteiger partial charge is 0.453 e. The van der Waals surface area contributed by atoms with E-state index in [1.54, 1.807) is 12.4 Å². The summed E-state index contributed by atoms with van der Waals surface area (Å²) < 4.78 is 9.57. The van der Waals surface area contributed by atoms with Crippen LogP contribution in [0.4, 0.5) is 9.59 Å². The number of amides is 4. The lowest BCUT2D eigenvalue weighted by atomic mass is 10.0. The van der Waals surface area contributed by atoms with E-state index in [0.717, 1.165) is 71.0 Å². The average Bonchev–Trinajstić information content (AvgIpc) is 4.03. The minimum absolute atomic E-state index is 0.123. The van der Waals surface area contributed by atoms with E-state index < -0.39 is 24.3 Å². The van der Waals surface area contributed by atoms with Crippen LogP contribution in [-0.4, -0.2) is 93.1 Å². The van der Waals surface area contributed by atoms with E-state index in [-0.39, 0.29) is 35.7 Å². The second-order valence-corrected chi connectivity index (χ2v) is 15.5. The quantitative estimate of drug-likeness (QED) is 0.113. The van der Waals surface area contributed by atoms with Crippen LogP contribution in [0.2, 0.25) is 0 Å². The predicted octanol–water partition coefficient (Wildman–Crippen LogP) is 7.00. The first-order valence-corrected chi connectivity index (χ1v) is 19.6. The van der Waals surface area contributed by atoms with Crippen LogP contribution in [0.25, 0.3) is 33.6 Å². The summed E-state index contributed by atoms with van der Waals surface area (Å²) in [5.41, 5.74) is 5.80. The fourth-order valence-electron chi connectivity index (χ4n) is 7.81. The molecule has 4 aromatic rings. The first-order chi connectivity index (χ1) is 26.9. The first-order valence-electron chi connectivity index (χ1n) is 19.6. The van der Waals surface area contributed by atoms with Crippen molar-refractivity contribution in [2.45, 2.75) is 90.4 Å². The van der Waals surface area contributed by atoms with Gasteiger partial charge in [-0.25, -0.2) is 19.6 Å². The van der Waals surface area contributed by atoms with E-state index >= 15 is 0 Å². The van der Waals surface area contributed by atoms with Crippen molar-refractivity contribution in [3.05, 3.63) is 72.6 Å². The minimum Gasteiger partial charge on any atom is -0.453 e. The fourth-order valence-corrected chi connectivity index (χ4v) is 7.81. The van der Waals surface area contributed by atoms with Gasteiger partial charge in [-0.05, 0) is 72.6 Å². The van der Waals surface area contributed by atoms with Crippen LogP contribution in [0.3, 0.4) is 0 Å². The number of rotatable bonds is 13. The summed E-state index contributed by atoms with van der Waals surface area (Å²) in [7, 11) is 2.60. The van der Waals surface area contributed by atoms with Gasteiger partial charge in [0.2, 0.25) is 11.8 Å². The van der Waals surface area contributed by atoms with Gasteiger partial charge in [0.15, 0.2) is 0 Å². The van der Waals surface area contributed by atoms with Gasteiger partial charge < -0.3 is 39.9 Å². The van der Waals surface area contributed by atoms with Crippen molar-refractivity contribution >= 4 is 24.0 Å². The molecule has 298 valence electrons. The molecule has 0 saturated carbocycles. The number of hydrogen-bond acceptors (Lipinski definition) is 8. The number of carbonyl (C=O) groups is 4. The van der Waals surface area contributed by atoms with Crippen molar-refractivity contribution in [2.75, 3.05) is 27.3 Å². The molecular formula is C42H54N8O6. The van der Waals surface area contributed by atoms with E-state index in [9.17, 15) is 19.2 Å².